The third kappa shape index (κ3) is 2.68. The van der Waals surface area contributed by atoms with Gasteiger partial charge in [0.25, 0.3) is 0 Å². The summed E-state index contributed by atoms with van der Waals surface area (Å²) in [4.78, 5) is 26.5. The number of ether oxygens (including phenoxy) is 2. The van der Waals surface area contributed by atoms with Crippen LogP contribution in [0, 0.1) is 0 Å². The van der Waals surface area contributed by atoms with Crippen molar-refractivity contribution < 1.29 is 19.1 Å². The van der Waals surface area contributed by atoms with Crippen molar-refractivity contribution in [2.24, 2.45) is 0 Å². The number of pyridine rings is 1. The largest absolute Gasteiger partial charge is 0.463 e. The number of hydrogen-bond donors (Lipinski definition) is 0. The van der Waals surface area contributed by atoms with E-state index >= 15 is 0 Å². The summed E-state index contributed by atoms with van der Waals surface area (Å²) in [6, 6.07) is 2.88. The molecule has 0 aromatic carbocycles. The van der Waals surface area contributed by atoms with Crippen LogP contribution >= 0.6 is 23.2 Å². The predicted molar refractivity (Wildman–Crippen MR) is 59.0 cm³/mol. The molecule has 0 unspecified atom stereocenters. The molecule has 1 aliphatic rings. The Bertz CT molecular complexity index is 477. The van der Waals surface area contributed by atoms with Crippen LogP contribution in [0.2, 0.25) is 10.2 Å². The number of esters is 2. The van der Waals surface area contributed by atoms with E-state index in [1.165, 1.54) is 12.1 Å². The average Bonchev–Trinajstić information content (AvgIpc) is 2.68. The summed E-state index contributed by atoms with van der Waals surface area (Å²) in [6.45, 7) is 0.244. The molecule has 90 valence electrons. The summed E-state index contributed by atoms with van der Waals surface area (Å²) in [5.74, 6) is -1.35. The van der Waals surface area contributed by atoms with Gasteiger partial charge in [0.05, 0.1) is 11.6 Å². The molecule has 2 heterocycles. The van der Waals surface area contributed by atoms with Crippen molar-refractivity contribution in [1.82, 2.24) is 4.98 Å². The van der Waals surface area contributed by atoms with E-state index in [4.69, 9.17) is 27.9 Å². The standard InChI is InChI=1S/C10H7Cl2NO4/c11-5-1-2-7(12)13-8(5)10(15)17-6-3-4-16-9(6)14/h1-2,6H,3-4H2/t6-/m0/s1. The Morgan fingerprint density at radius 3 is 2.88 bits per heavy atom. The molecule has 1 fully saturated rings. The van der Waals surface area contributed by atoms with Crippen molar-refractivity contribution in [2.45, 2.75) is 12.5 Å². The molecule has 0 spiro atoms. The number of aromatic nitrogens is 1. The quantitative estimate of drug-likeness (QED) is 0.609. The molecule has 1 saturated heterocycles. The molecule has 0 aliphatic carbocycles. The average molecular weight is 276 g/mol. The highest BCUT2D eigenvalue weighted by atomic mass is 35.5. The lowest BCUT2D eigenvalue weighted by Gasteiger charge is -2.08. The summed E-state index contributed by atoms with van der Waals surface area (Å²) in [5, 5.41) is 0.237. The van der Waals surface area contributed by atoms with Crippen molar-refractivity contribution in [3.63, 3.8) is 0 Å². The number of carbonyl (C=O) groups is 2. The van der Waals surface area contributed by atoms with Crippen LogP contribution in [0.1, 0.15) is 16.9 Å². The van der Waals surface area contributed by atoms with E-state index in [-0.39, 0.29) is 22.5 Å². The van der Waals surface area contributed by atoms with E-state index < -0.39 is 18.0 Å². The number of halogens is 2. The Morgan fingerprint density at radius 2 is 2.24 bits per heavy atom. The first-order chi connectivity index (χ1) is 8.08. The van der Waals surface area contributed by atoms with Gasteiger partial charge in [-0.15, -0.1) is 0 Å². The number of cyclic esters (lactones) is 1. The summed E-state index contributed by atoms with van der Waals surface area (Å²) in [5.41, 5.74) is -0.112. The smallest absolute Gasteiger partial charge is 0.359 e. The molecule has 1 atom stereocenters. The van der Waals surface area contributed by atoms with E-state index in [1.54, 1.807) is 0 Å². The van der Waals surface area contributed by atoms with E-state index in [0.717, 1.165) is 0 Å². The number of hydrogen-bond acceptors (Lipinski definition) is 5. The molecule has 5 nitrogen and oxygen atoms in total. The fraction of sp³-hybridized carbons (Fsp3) is 0.300. The maximum Gasteiger partial charge on any atom is 0.359 e. The molecule has 0 bridgehead atoms. The maximum absolute atomic E-state index is 11.7. The minimum absolute atomic E-state index is 0.112. The SMILES string of the molecule is O=C(O[C@H]1CCOC1=O)c1nc(Cl)ccc1Cl. The van der Waals surface area contributed by atoms with Crippen LogP contribution in [0.25, 0.3) is 0 Å². The highest BCUT2D eigenvalue weighted by Crippen LogP contribution is 2.19. The molecule has 0 radical (unpaired) electrons. The molecule has 0 N–H and O–H groups in total. The lowest BCUT2D eigenvalue weighted by atomic mass is 10.3. The molecule has 17 heavy (non-hydrogen) atoms. The van der Waals surface area contributed by atoms with Crippen molar-refractivity contribution in [1.29, 1.82) is 0 Å². The molecule has 1 aromatic heterocycles. The zero-order valence-corrected chi connectivity index (χ0v) is 9.99. The number of rotatable bonds is 2. The van der Waals surface area contributed by atoms with Crippen molar-refractivity contribution >= 4 is 35.1 Å². The van der Waals surface area contributed by atoms with Gasteiger partial charge in [-0.2, -0.15) is 0 Å². The van der Waals surface area contributed by atoms with Gasteiger partial charge in [-0.25, -0.2) is 14.6 Å². The molecule has 1 aliphatic heterocycles. The minimum Gasteiger partial charge on any atom is -0.463 e. The monoisotopic (exact) mass is 275 g/mol. The zero-order chi connectivity index (χ0) is 12.4. The predicted octanol–water partition coefficient (Wildman–Crippen LogP) is 1.86. The minimum atomic E-state index is -0.889. The van der Waals surface area contributed by atoms with Gasteiger partial charge >= 0.3 is 11.9 Å². The summed E-state index contributed by atoms with van der Waals surface area (Å²) in [7, 11) is 0. The second-order valence-electron chi connectivity index (χ2n) is 3.31. The van der Waals surface area contributed by atoms with Gasteiger partial charge in [0.15, 0.2) is 5.69 Å². The van der Waals surface area contributed by atoms with Gasteiger partial charge in [-0.05, 0) is 12.1 Å². The normalized spacial score (nSPS) is 18.9. The second-order valence-corrected chi connectivity index (χ2v) is 4.11. The summed E-state index contributed by atoms with van der Waals surface area (Å²) >= 11 is 11.4. The first kappa shape index (κ1) is 12.1. The topological polar surface area (TPSA) is 65.5 Å². The third-order valence-corrected chi connectivity index (χ3v) is 2.66. The fourth-order valence-corrected chi connectivity index (χ4v) is 1.66. The second kappa shape index (κ2) is 4.89. The molecule has 7 heteroatoms. The number of carbonyl (C=O) groups excluding carboxylic acids is 2. The van der Waals surface area contributed by atoms with Crippen LogP contribution in [-0.4, -0.2) is 29.6 Å². The molecule has 0 saturated carbocycles. The van der Waals surface area contributed by atoms with Crippen LogP contribution in [0.4, 0.5) is 0 Å². The Kier molecular flexibility index (Phi) is 3.49. The van der Waals surface area contributed by atoms with E-state index in [9.17, 15) is 9.59 Å². The summed E-state index contributed by atoms with van der Waals surface area (Å²) < 4.78 is 9.59. The van der Waals surface area contributed by atoms with Crippen molar-refractivity contribution in [3.8, 4) is 0 Å². The van der Waals surface area contributed by atoms with Crippen molar-refractivity contribution in [2.75, 3.05) is 6.61 Å². The molecule has 0 amide bonds. The highest BCUT2D eigenvalue weighted by molar-refractivity contribution is 6.34. The van der Waals surface area contributed by atoms with Crippen LogP contribution < -0.4 is 0 Å². The van der Waals surface area contributed by atoms with E-state index in [1.807, 2.05) is 0 Å². The Labute approximate surface area is 107 Å². The van der Waals surface area contributed by atoms with Gasteiger partial charge in [-0.3, -0.25) is 0 Å². The lowest BCUT2D eigenvalue weighted by molar-refractivity contribution is -0.145. The van der Waals surface area contributed by atoms with E-state index in [0.29, 0.717) is 6.42 Å². The van der Waals surface area contributed by atoms with Gasteiger partial charge < -0.3 is 9.47 Å². The van der Waals surface area contributed by atoms with Gasteiger partial charge in [0.2, 0.25) is 6.10 Å². The Balaban J connectivity index is 2.14. The molecule has 2 rings (SSSR count). The lowest BCUT2D eigenvalue weighted by Crippen LogP contribution is -2.23. The van der Waals surface area contributed by atoms with Crippen LogP contribution in [0.5, 0.6) is 0 Å². The van der Waals surface area contributed by atoms with Gasteiger partial charge in [-0.1, -0.05) is 23.2 Å². The fourth-order valence-electron chi connectivity index (χ4n) is 1.33. The summed E-state index contributed by atoms with van der Waals surface area (Å²) in [6.07, 6.45) is -0.553. The third-order valence-electron chi connectivity index (χ3n) is 2.14. The van der Waals surface area contributed by atoms with Crippen LogP contribution in [0.3, 0.4) is 0 Å². The maximum atomic E-state index is 11.7. The Morgan fingerprint density at radius 1 is 1.47 bits per heavy atom. The number of nitrogens with zero attached hydrogens (tertiary/aromatic N) is 1. The van der Waals surface area contributed by atoms with Crippen LogP contribution in [0.15, 0.2) is 12.1 Å². The van der Waals surface area contributed by atoms with Gasteiger partial charge in [0.1, 0.15) is 5.15 Å². The molecular formula is C10H7Cl2NO4. The first-order valence-corrected chi connectivity index (χ1v) is 5.53. The highest BCUT2D eigenvalue weighted by Gasteiger charge is 2.31. The van der Waals surface area contributed by atoms with E-state index in [2.05, 4.69) is 9.72 Å². The van der Waals surface area contributed by atoms with Gasteiger partial charge in [0, 0.05) is 6.42 Å². The Hall–Kier alpha value is -1.33. The zero-order valence-electron chi connectivity index (χ0n) is 8.48. The first-order valence-electron chi connectivity index (χ1n) is 4.77. The van der Waals surface area contributed by atoms with Crippen LogP contribution in [-0.2, 0) is 14.3 Å². The van der Waals surface area contributed by atoms with Crippen molar-refractivity contribution in [3.05, 3.63) is 28.0 Å². The molecular weight excluding hydrogens is 269 g/mol. The molecule has 1 aromatic rings.